The van der Waals surface area contributed by atoms with Crippen LogP contribution < -0.4 is 10.1 Å². The maximum absolute atomic E-state index is 12.8. The van der Waals surface area contributed by atoms with Crippen molar-refractivity contribution < 1.29 is 9.53 Å². The van der Waals surface area contributed by atoms with E-state index in [9.17, 15) is 4.79 Å². The Hall–Kier alpha value is -1.84. The molecule has 0 spiro atoms. The topological polar surface area (TPSA) is 50.7 Å². The normalized spacial score (nSPS) is 17.5. The summed E-state index contributed by atoms with van der Waals surface area (Å²) in [5, 5.41) is 2.97. The fourth-order valence-corrected chi connectivity index (χ4v) is 3.15. The van der Waals surface area contributed by atoms with Crippen molar-refractivity contribution in [3.05, 3.63) is 23.3 Å². The quantitative estimate of drug-likeness (QED) is 0.783. The van der Waals surface area contributed by atoms with Gasteiger partial charge in [-0.15, -0.1) is 0 Å². The minimum Gasteiger partial charge on any atom is -0.481 e. The minimum atomic E-state index is -0.349. The number of hydrogen-bond acceptors (Lipinski definition) is 3. The number of hydrogen-bond donors (Lipinski definition) is 1. The summed E-state index contributed by atoms with van der Waals surface area (Å²) < 4.78 is 6.44. The highest BCUT2D eigenvalue weighted by atomic mass is 16.5. The fraction of sp³-hybridized carbons (Fsp3) is 0.652. The molecule has 0 saturated carbocycles. The van der Waals surface area contributed by atoms with E-state index in [0.717, 1.165) is 17.0 Å². The Balaban J connectivity index is 2.71. The summed E-state index contributed by atoms with van der Waals surface area (Å²) in [6.45, 7) is 21.2. The van der Waals surface area contributed by atoms with Gasteiger partial charge in [-0.3, -0.25) is 4.79 Å². The first-order valence-electron chi connectivity index (χ1n) is 9.97. The van der Waals surface area contributed by atoms with Crippen LogP contribution in [0.5, 0.6) is 5.75 Å². The molecule has 0 fully saturated rings. The van der Waals surface area contributed by atoms with Crippen molar-refractivity contribution in [2.75, 3.05) is 0 Å². The van der Waals surface area contributed by atoms with E-state index in [-0.39, 0.29) is 34.8 Å². The third-order valence-corrected chi connectivity index (χ3v) is 4.76. The standard InChI is InChI=1S/C23H36N2O2/c1-13(2)19-18(21(26)24-14(3)4)25-17-12-15(22(5,6)7)11-16(20(17)27-19)23(8,9)10/h11-14,19H,1-10H3,(H,24,26). The number of amides is 1. The van der Waals surface area contributed by atoms with E-state index in [2.05, 4.69) is 72.8 Å². The lowest BCUT2D eigenvalue weighted by atomic mass is 9.79. The van der Waals surface area contributed by atoms with Gasteiger partial charge in [0.05, 0.1) is 0 Å². The second kappa shape index (κ2) is 7.29. The maximum atomic E-state index is 12.8. The Bertz CT molecular complexity index is 747. The summed E-state index contributed by atoms with van der Waals surface area (Å²) in [4.78, 5) is 17.6. The number of carbonyl (C=O) groups excluding carboxylic acids is 1. The average molecular weight is 373 g/mol. The molecule has 4 heteroatoms. The van der Waals surface area contributed by atoms with E-state index in [0.29, 0.717) is 5.71 Å². The van der Waals surface area contributed by atoms with E-state index in [1.807, 2.05) is 13.8 Å². The van der Waals surface area contributed by atoms with Gasteiger partial charge in [-0.1, -0.05) is 61.5 Å². The average Bonchev–Trinajstić information content (AvgIpc) is 2.49. The molecule has 1 aromatic rings. The molecule has 1 N–H and O–H groups in total. The number of carbonyl (C=O) groups is 1. The van der Waals surface area contributed by atoms with Crippen LogP contribution in [-0.4, -0.2) is 23.8 Å². The first-order chi connectivity index (χ1) is 12.2. The van der Waals surface area contributed by atoms with Crippen molar-refractivity contribution in [2.45, 2.75) is 92.2 Å². The van der Waals surface area contributed by atoms with Crippen LogP contribution in [0.4, 0.5) is 5.69 Å². The second-order valence-corrected chi connectivity index (χ2v) is 10.3. The molecule has 4 nitrogen and oxygen atoms in total. The summed E-state index contributed by atoms with van der Waals surface area (Å²) in [6, 6.07) is 4.37. The Morgan fingerprint density at radius 3 is 2.07 bits per heavy atom. The van der Waals surface area contributed by atoms with Gasteiger partial charge in [0, 0.05) is 11.6 Å². The van der Waals surface area contributed by atoms with Crippen molar-refractivity contribution in [2.24, 2.45) is 10.9 Å². The van der Waals surface area contributed by atoms with Gasteiger partial charge in [-0.2, -0.15) is 0 Å². The number of rotatable bonds is 3. The molecule has 0 aliphatic carbocycles. The second-order valence-electron chi connectivity index (χ2n) is 10.3. The molecule has 1 aliphatic rings. The largest absolute Gasteiger partial charge is 0.481 e. The molecule has 0 aromatic heterocycles. The van der Waals surface area contributed by atoms with Crippen molar-refractivity contribution in [3.63, 3.8) is 0 Å². The van der Waals surface area contributed by atoms with Crippen LogP contribution in [0.25, 0.3) is 0 Å². The van der Waals surface area contributed by atoms with Gasteiger partial charge in [0.2, 0.25) is 0 Å². The van der Waals surface area contributed by atoms with Crippen molar-refractivity contribution in [1.82, 2.24) is 5.32 Å². The third-order valence-electron chi connectivity index (χ3n) is 4.76. The molecule has 1 atom stereocenters. The van der Waals surface area contributed by atoms with Crippen molar-refractivity contribution in [1.29, 1.82) is 0 Å². The third kappa shape index (κ3) is 4.72. The van der Waals surface area contributed by atoms with E-state index in [4.69, 9.17) is 9.73 Å². The Labute approximate surface area is 164 Å². The molecule has 1 amide bonds. The molecule has 1 heterocycles. The molecule has 1 aliphatic heterocycles. The van der Waals surface area contributed by atoms with E-state index < -0.39 is 0 Å². The molecular weight excluding hydrogens is 336 g/mol. The molecule has 2 rings (SSSR count). The summed E-state index contributed by atoms with van der Waals surface area (Å²) in [6.07, 6.45) is -0.349. The van der Waals surface area contributed by atoms with Crippen LogP contribution in [0.2, 0.25) is 0 Å². The lowest BCUT2D eigenvalue weighted by Gasteiger charge is -2.34. The predicted octanol–water partition coefficient (Wildman–Crippen LogP) is 5.30. The molecule has 1 aromatic carbocycles. The van der Waals surface area contributed by atoms with Crippen molar-refractivity contribution >= 4 is 17.3 Å². The predicted molar refractivity (Wildman–Crippen MR) is 113 cm³/mol. The highest BCUT2D eigenvalue weighted by molar-refractivity contribution is 6.41. The Morgan fingerprint density at radius 2 is 1.63 bits per heavy atom. The van der Waals surface area contributed by atoms with Crippen LogP contribution in [-0.2, 0) is 15.6 Å². The van der Waals surface area contributed by atoms with Gasteiger partial charge in [0.15, 0.2) is 0 Å². The summed E-state index contributed by atoms with van der Waals surface area (Å²) in [7, 11) is 0. The summed E-state index contributed by atoms with van der Waals surface area (Å²) in [5.74, 6) is 0.813. The molecular formula is C23H36N2O2. The lowest BCUT2D eigenvalue weighted by molar-refractivity contribution is -0.115. The van der Waals surface area contributed by atoms with Gasteiger partial charge >= 0.3 is 0 Å². The van der Waals surface area contributed by atoms with Gasteiger partial charge < -0.3 is 10.1 Å². The van der Waals surface area contributed by atoms with Crippen LogP contribution in [0.1, 0.15) is 80.4 Å². The molecule has 1 unspecified atom stereocenters. The number of fused-ring (bicyclic) bond motifs is 1. The molecule has 27 heavy (non-hydrogen) atoms. The van der Waals surface area contributed by atoms with Crippen LogP contribution >= 0.6 is 0 Å². The minimum absolute atomic E-state index is 0.0141. The molecule has 150 valence electrons. The number of aliphatic imine (C=N–C) groups is 1. The molecule has 0 radical (unpaired) electrons. The van der Waals surface area contributed by atoms with Crippen LogP contribution in [0, 0.1) is 5.92 Å². The van der Waals surface area contributed by atoms with E-state index in [1.54, 1.807) is 0 Å². The van der Waals surface area contributed by atoms with Gasteiger partial charge in [-0.05, 0) is 42.2 Å². The number of nitrogens with zero attached hydrogens (tertiary/aromatic N) is 1. The molecule has 0 bridgehead atoms. The van der Waals surface area contributed by atoms with Crippen molar-refractivity contribution in [3.8, 4) is 5.75 Å². The first kappa shape index (κ1) is 21.5. The van der Waals surface area contributed by atoms with Gasteiger partial charge in [0.1, 0.15) is 23.3 Å². The van der Waals surface area contributed by atoms with E-state index >= 15 is 0 Å². The highest BCUT2D eigenvalue weighted by Crippen LogP contribution is 2.45. The Kier molecular flexibility index (Phi) is 5.79. The Morgan fingerprint density at radius 1 is 1.04 bits per heavy atom. The number of ether oxygens (including phenoxy) is 1. The summed E-state index contributed by atoms with van der Waals surface area (Å²) in [5.41, 5.74) is 3.47. The zero-order valence-corrected chi connectivity index (χ0v) is 18.7. The SMILES string of the molecule is CC(C)NC(=O)C1=Nc2cc(C(C)(C)C)cc(C(C)(C)C)c2OC1C(C)C. The zero-order valence-electron chi connectivity index (χ0n) is 18.7. The van der Waals surface area contributed by atoms with Crippen LogP contribution in [0.3, 0.4) is 0 Å². The molecule has 0 saturated heterocycles. The van der Waals surface area contributed by atoms with Gasteiger partial charge in [-0.25, -0.2) is 4.99 Å². The monoisotopic (exact) mass is 372 g/mol. The highest BCUT2D eigenvalue weighted by Gasteiger charge is 2.36. The smallest absolute Gasteiger partial charge is 0.269 e. The number of nitrogens with one attached hydrogen (secondary N) is 1. The first-order valence-corrected chi connectivity index (χ1v) is 9.97. The summed E-state index contributed by atoms with van der Waals surface area (Å²) >= 11 is 0. The van der Waals surface area contributed by atoms with Crippen LogP contribution in [0.15, 0.2) is 17.1 Å². The zero-order chi connectivity index (χ0) is 20.7. The van der Waals surface area contributed by atoms with E-state index in [1.165, 1.54) is 5.56 Å². The maximum Gasteiger partial charge on any atom is 0.269 e. The number of benzene rings is 1. The lowest BCUT2D eigenvalue weighted by Crippen LogP contribution is -2.46. The van der Waals surface area contributed by atoms with Gasteiger partial charge in [0.25, 0.3) is 5.91 Å². The fourth-order valence-electron chi connectivity index (χ4n) is 3.15.